The monoisotopic (exact) mass is 525 g/mol. The molecule has 1 heterocycles. The molecule has 1 fully saturated rings. The molecular weight excluding hydrogens is 510 g/mol. The number of hydrogen-bond donors (Lipinski definition) is 1. The standard InChI is InChI=1S/C21H17BrClNO6S/c1-2-29-16-8-13(9-17-20(27)24(10-18(25)26)21(28)31-17)7-15(22)19(16)30-11-12-3-5-14(23)6-4-12/h3-9H,2,10-11H2,1H3,(H,25,26)/b17-9+. The van der Waals surface area contributed by atoms with E-state index in [0.29, 0.717) is 56.4 Å². The second kappa shape index (κ2) is 10.2. The number of aliphatic carboxylic acids is 1. The number of halogens is 2. The van der Waals surface area contributed by atoms with Gasteiger partial charge in [0.25, 0.3) is 11.1 Å². The van der Waals surface area contributed by atoms with Gasteiger partial charge in [0.05, 0.1) is 16.0 Å². The maximum absolute atomic E-state index is 12.4. The summed E-state index contributed by atoms with van der Waals surface area (Å²) in [6, 6.07) is 10.7. The number of nitrogens with zero attached hydrogens (tertiary/aromatic N) is 1. The first-order valence-electron chi connectivity index (χ1n) is 9.09. The Morgan fingerprint density at radius 2 is 1.94 bits per heavy atom. The molecule has 0 unspecified atom stereocenters. The van der Waals surface area contributed by atoms with Crippen LogP contribution in [0.15, 0.2) is 45.8 Å². The number of ether oxygens (including phenoxy) is 2. The minimum absolute atomic E-state index is 0.135. The molecule has 0 aromatic heterocycles. The molecule has 0 saturated carbocycles. The van der Waals surface area contributed by atoms with Gasteiger partial charge in [-0.2, -0.15) is 0 Å². The molecule has 3 rings (SSSR count). The van der Waals surface area contributed by atoms with E-state index in [1.807, 2.05) is 19.1 Å². The van der Waals surface area contributed by atoms with Gasteiger partial charge in [-0.05, 0) is 76.1 Å². The van der Waals surface area contributed by atoms with Crippen molar-refractivity contribution in [3.05, 3.63) is 61.9 Å². The molecule has 7 nitrogen and oxygen atoms in total. The van der Waals surface area contributed by atoms with Crippen LogP contribution in [0.1, 0.15) is 18.1 Å². The lowest BCUT2D eigenvalue weighted by atomic mass is 10.1. The summed E-state index contributed by atoms with van der Waals surface area (Å²) in [6.45, 7) is 1.85. The van der Waals surface area contributed by atoms with Gasteiger partial charge in [0.15, 0.2) is 11.5 Å². The third-order valence-electron chi connectivity index (χ3n) is 4.09. The van der Waals surface area contributed by atoms with Gasteiger partial charge in [0.1, 0.15) is 13.2 Å². The van der Waals surface area contributed by atoms with Crippen LogP contribution in [-0.2, 0) is 16.2 Å². The third kappa shape index (κ3) is 5.81. The molecule has 0 spiro atoms. The Balaban J connectivity index is 1.85. The number of amides is 2. The molecule has 31 heavy (non-hydrogen) atoms. The zero-order valence-electron chi connectivity index (χ0n) is 16.3. The summed E-state index contributed by atoms with van der Waals surface area (Å²) in [6.07, 6.45) is 1.52. The van der Waals surface area contributed by atoms with Crippen LogP contribution < -0.4 is 9.47 Å². The first-order valence-corrected chi connectivity index (χ1v) is 11.1. The van der Waals surface area contributed by atoms with Crippen molar-refractivity contribution in [2.45, 2.75) is 13.5 Å². The van der Waals surface area contributed by atoms with Gasteiger partial charge >= 0.3 is 5.97 Å². The van der Waals surface area contributed by atoms with Crippen LogP contribution in [0.4, 0.5) is 4.79 Å². The van der Waals surface area contributed by atoms with Gasteiger partial charge in [-0.15, -0.1) is 0 Å². The van der Waals surface area contributed by atoms with Crippen LogP contribution in [0, 0.1) is 0 Å². The van der Waals surface area contributed by atoms with Crippen molar-refractivity contribution >= 4 is 62.5 Å². The summed E-state index contributed by atoms with van der Waals surface area (Å²) in [5.74, 6) is -0.948. The van der Waals surface area contributed by atoms with Crippen molar-refractivity contribution in [2.75, 3.05) is 13.2 Å². The van der Waals surface area contributed by atoms with E-state index in [4.69, 9.17) is 26.2 Å². The van der Waals surface area contributed by atoms with E-state index >= 15 is 0 Å². The highest BCUT2D eigenvalue weighted by atomic mass is 79.9. The second-order valence-corrected chi connectivity index (χ2v) is 8.62. The molecule has 2 amide bonds. The molecule has 0 bridgehead atoms. The lowest BCUT2D eigenvalue weighted by Crippen LogP contribution is -2.33. The number of carboxylic acids is 1. The number of hydrogen-bond acceptors (Lipinski definition) is 6. The Bertz CT molecular complexity index is 1060. The normalized spacial score (nSPS) is 14.9. The maximum Gasteiger partial charge on any atom is 0.323 e. The highest BCUT2D eigenvalue weighted by molar-refractivity contribution is 9.10. The van der Waals surface area contributed by atoms with Crippen molar-refractivity contribution in [1.82, 2.24) is 4.90 Å². The highest BCUT2D eigenvalue weighted by Crippen LogP contribution is 2.39. The smallest absolute Gasteiger partial charge is 0.323 e. The predicted octanol–water partition coefficient (Wildman–Crippen LogP) is 5.20. The van der Waals surface area contributed by atoms with Crippen molar-refractivity contribution in [2.24, 2.45) is 0 Å². The Morgan fingerprint density at radius 1 is 1.23 bits per heavy atom. The highest BCUT2D eigenvalue weighted by Gasteiger charge is 2.36. The van der Waals surface area contributed by atoms with E-state index in [2.05, 4.69) is 15.9 Å². The number of carbonyl (C=O) groups excluding carboxylic acids is 2. The fourth-order valence-electron chi connectivity index (χ4n) is 2.73. The molecule has 162 valence electrons. The van der Waals surface area contributed by atoms with Crippen LogP contribution in [0.3, 0.4) is 0 Å². The minimum Gasteiger partial charge on any atom is -0.490 e. The molecular formula is C21H17BrClNO6S. The quantitative estimate of drug-likeness (QED) is 0.473. The van der Waals surface area contributed by atoms with Gasteiger partial charge in [0, 0.05) is 5.02 Å². The third-order valence-corrected chi connectivity index (χ3v) is 5.84. The number of thioether (sulfide) groups is 1. The second-order valence-electron chi connectivity index (χ2n) is 6.34. The molecule has 1 aliphatic rings. The Labute approximate surface area is 196 Å². The maximum atomic E-state index is 12.4. The SMILES string of the molecule is CCOc1cc(/C=C2/SC(=O)N(CC(=O)O)C2=O)cc(Br)c1OCc1ccc(Cl)cc1. The summed E-state index contributed by atoms with van der Waals surface area (Å²) < 4.78 is 12.2. The van der Waals surface area contributed by atoms with Crippen LogP contribution in [-0.4, -0.2) is 40.3 Å². The van der Waals surface area contributed by atoms with Crippen LogP contribution in [0.5, 0.6) is 11.5 Å². The van der Waals surface area contributed by atoms with Gasteiger partial charge in [0.2, 0.25) is 0 Å². The predicted molar refractivity (Wildman–Crippen MR) is 121 cm³/mol. The number of rotatable bonds is 8. The summed E-state index contributed by atoms with van der Waals surface area (Å²) in [5, 5.41) is 8.89. The molecule has 1 N–H and O–H groups in total. The van der Waals surface area contributed by atoms with Gasteiger partial charge in [-0.25, -0.2) is 0 Å². The minimum atomic E-state index is -1.26. The van der Waals surface area contributed by atoms with Crippen molar-refractivity contribution in [3.63, 3.8) is 0 Å². The van der Waals surface area contributed by atoms with E-state index < -0.39 is 23.7 Å². The largest absolute Gasteiger partial charge is 0.490 e. The molecule has 0 aliphatic carbocycles. The zero-order valence-corrected chi connectivity index (χ0v) is 19.4. The van der Waals surface area contributed by atoms with Crippen molar-refractivity contribution in [3.8, 4) is 11.5 Å². The van der Waals surface area contributed by atoms with E-state index in [1.54, 1.807) is 24.3 Å². The van der Waals surface area contributed by atoms with Crippen molar-refractivity contribution < 1.29 is 29.0 Å². The molecule has 0 atom stereocenters. The first kappa shape index (κ1) is 23.2. The molecule has 1 aliphatic heterocycles. The topological polar surface area (TPSA) is 93.1 Å². The van der Waals surface area contributed by atoms with Gasteiger partial charge < -0.3 is 14.6 Å². The van der Waals surface area contributed by atoms with E-state index in [-0.39, 0.29) is 4.91 Å². The number of carboxylic acid groups (broad SMARTS) is 1. The van der Waals surface area contributed by atoms with E-state index in [0.717, 1.165) is 5.56 Å². The average molecular weight is 527 g/mol. The number of carbonyl (C=O) groups is 3. The first-order chi connectivity index (χ1) is 14.8. The van der Waals surface area contributed by atoms with Crippen LogP contribution in [0.25, 0.3) is 6.08 Å². The summed E-state index contributed by atoms with van der Waals surface area (Å²) in [7, 11) is 0. The molecule has 1 saturated heterocycles. The van der Waals surface area contributed by atoms with Crippen LogP contribution >= 0.6 is 39.3 Å². The molecule has 10 heteroatoms. The summed E-state index contributed by atoms with van der Waals surface area (Å²) in [5.41, 5.74) is 1.52. The molecule has 2 aromatic carbocycles. The van der Waals surface area contributed by atoms with Crippen molar-refractivity contribution in [1.29, 1.82) is 0 Å². The zero-order chi connectivity index (χ0) is 22.5. The Morgan fingerprint density at radius 3 is 2.58 bits per heavy atom. The number of benzene rings is 2. The summed E-state index contributed by atoms with van der Waals surface area (Å²) >= 11 is 10.1. The molecule has 0 radical (unpaired) electrons. The lowest BCUT2D eigenvalue weighted by Gasteiger charge is -2.15. The molecule has 2 aromatic rings. The number of imide groups is 1. The fraction of sp³-hybridized carbons (Fsp3) is 0.190. The fourth-order valence-corrected chi connectivity index (χ4v) is 4.27. The Kier molecular flexibility index (Phi) is 7.64. The van der Waals surface area contributed by atoms with Gasteiger partial charge in [-0.1, -0.05) is 23.7 Å². The van der Waals surface area contributed by atoms with E-state index in [1.165, 1.54) is 6.08 Å². The lowest BCUT2D eigenvalue weighted by molar-refractivity contribution is -0.140. The Hall–Kier alpha value is -2.49. The van der Waals surface area contributed by atoms with Crippen LogP contribution in [0.2, 0.25) is 5.02 Å². The van der Waals surface area contributed by atoms with E-state index in [9.17, 15) is 14.4 Å². The van der Waals surface area contributed by atoms with Gasteiger partial charge in [-0.3, -0.25) is 19.3 Å². The average Bonchev–Trinajstić information content (AvgIpc) is 2.96. The summed E-state index contributed by atoms with van der Waals surface area (Å²) in [4.78, 5) is 36.0.